The molecule has 0 aromatic rings. The summed E-state index contributed by atoms with van der Waals surface area (Å²) in [5, 5.41) is 0. The highest BCUT2D eigenvalue weighted by atomic mass is 16.5. The van der Waals surface area contributed by atoms with Crippen LogP contribution >= 0.6 is 0 Å². The molecule has 0 aromatic heterocycles. The van der Waals surface area contributed by atoms with Gasteiger partial charge in [-0.1, -0.05) is 39.3 Å². The minimum Gasteiger partial charge on any atom is -0.462 e. The first-order valence-electron chi connectivity index (χ1n) is 7.61. The van der Waals surface area contributed by atoms with Crippen molar-refractivity contribution in [3.8, 4) is 0 Å². The van der Waals surface area contributed by atoms with Gasteiger partial charge in [-0.25, -0.2) is 0 Å². The van der Waals surface area contributed by atoms with E-state index in [9.17, 15) is 4.79 Å². The van der Waals surface area contributed by atoms with Crippen molar-refractivity contribution < 1.29 is 9.53 Å². The summed E-state index contributed by atoms with van der Waals surface area (Å²) >= 11 is 0. The zero-order valence-corrected chi connectivity index (χ0v) is 12.3. The summed E-state index contributed by atoms with van der Waals surface area (Å²) in [4.78, 5) is 12.2. The van der Waals surface area contributed by atoms with E-state index in [1.54, 1.807) is 0 Å². The first-order valence-corrected chi connectivity index (χ1v) is 7.61. The van der Waals surface area contributed by atoms with Crippen molar-refractivity contribution in [1.82, 2.24) is 0 Å². The largest absolute Gasteiger partial charge is 0.462 e. The van der Waals surface area contributed by atoms with Crippen LogP contribution in [0.15, 0.2) is 12.2 Å². The normalized spacial score (nSPS) is 38.7. The second-order valence-corrected chi connectivity index (χ2v) is 6.69. The van der Waals surface area contributed by atoms with E-state index < -0.39 is 0 Å². The molecule has 0 spiro atoms. The van der Waals surface area contributed by atoms with Gasteiger partial charge in [0.25, 0.3) is 0 Å². The highest BCUT2D eigenvalue weighted by Gasteiger charge is 2.35. The number of hydrogen-bond acceptors (Lipinski definition) is 3. The molecule has 5 atom stereocenters. The van der Waals surface area contributed by atoms with Gasteiger partial charge in [0.2, 0.25) is 0 Å². The third-order valence-electron chi connectivity index (χ3n) is 4.65. The summed E-state index contributed by atoms with van der Waals surface area (Å²) in [6, 6.07) is 0.0173. The van der Waals surface area contributed by atoms with Gasteiger partial charge >= 0.3 is 5.97 Å². The van der Waals surface area contributed by atoms with Gasteiger partial charge in [-0.2, -0.15) is 0 Å². The molecule has 0 saturated heterocycles. The molecule has 3 nitrogen and oxygen atoms in total. The Hall–Kier alpha value is -0.830. The van der Waals surface area contributed by atoms with E-state index in [2.05, 4.69) is 20.8 Å². The molecular formula is C16H27NO2. The van der Waals surface area contributed by atoms with E-state index in [0.29, 0.717) is 24.2 Å². The van der Waals surface area contributed by atoms with Gasteiger partial charge in [-0.05, 0) is 37.0 Å². The van der Waals surface area contributed by atoms with Gasteiger partial charge in [0.15, 0.2) is 0 Å². The third kappa shape index (κ3) is 3.59. The number of carbonyl (C=O) groups is 1. The predicted octanol–water partition coefficient (Wildman–Crippen LogP) is 2.89. The second-order valence-electron chi connectivity index (χ2n) is 6.69. The first-order chi connectivity index (χ1) is 8.97. The molecule has 3 heteroatoms. The Morgan fingerprint density at radius 2 is 2.00 bits per heavy atom. The zero-order chi connectivity index (χ0) is 14.0. The Balaban J connectivity index is 1.95. The molecule has 0 radical (unpaired) electrons. The Labute approximate surface area is 116 Å². The van der Waals surface area contributed by atoms with Crippen molar-refractivity contribution in [2.45, 2.75) is 58.6 Å². The van der Waals surface area contributed by atoms with Gasteiger partial charge in [-0.15, -0.1) is 0 Å². The Morgan fingerprint density at radius 3 is 2.58 bits per heavy atom. The molecule has 0 amide bonds. The molecule has 0 heterocycles. The van der Waals surface area contributed by atoms with Crippen molar-refractivity contribution in [2.75, 3.05) is 0 Å². The SMILES string of the molecule is CC1CCC(C(C)C)C(OC(=O)C2C=CC(N)C2)C1. The van der Waals surface area contributed by atoms with Crippen molar-refractivity contribution in [3.05, 3.63) is 12.2 Å². The average Bonchev–Trinajstić information content (AvgIpc) is 2.75. The molecule has 2 rings (SSSR count). The van der Waals surface area contributed by atoms with Crippen LogP contribution in [0.2, 0.25) is 0 Å². The molecule has 1 fully saturated rings. The van der Waals surface area contributed by atoms with Crippen LogP contribution in [0.1, 0.15) is 46.5 Å². The van der Waals surface area contributed by atoms with E-state index in [0.717, 1.165) is 6.42 Å². The van der Waals surface area contributed by atoms with Gasteiger partial charge in [0.1, 0.15) is 6.10 Å². The number of hydrogen-bond donors (Lipinski definition) is 1. The van der Waals surface area contributed by atoms with Gasteiger partial charge < -0.3 is 10.5 Å². The maximum atomic E-state index is 12.2. The molecule has 2 N–H and O–H groups in total. The molecule has 0 aromatic carbocycles. The summed E-state index contributed by atoms with van der Waals surface area (Å²) in [5.74, 6) is 1.55. The summed E-state index contributed by atoms with van der Waals surface area (Å²) in [7, 11) is 0. The minimum absolute atomic E-state index is 0.0173. The quantitative estimate of drug-likeness (QED) is 0.630. The second kappa shape index (κ2) is 6.08. The Morgan fingerprint density at radius 1 is 1.26 bits per heavy atom. The van der Waals surface area contributed by atoms with Crippen molar-refractivity contribution in [1.29, 1.82) is 0 Å². The number of esters is 1. The third-order valence-corrected chi connectivity index (χ3v) is 4.65. The van der Waals surface area contributed by atoms with E-state index >= 15 is 0 Å². The lowest BCUT2D eigenvalue weighted by atomic mass is 9.75. The molecule has 5 unspecified atom stereocenters. The maximum Gasteiger partial charge on any atom is 0.313 e. The lowest BCUT2D eigenvalue weighted by Gasteiger charge is -2.37. The van der Waals surface area contributed by atoms with Crippen LogP contribution < -0.4 is 5.73 Å². The number of nitrogens with two attached hydrogens (primary N) is 1. The summed E-state index contributed by atoms with van der Waals surface area (Å²) < 4.78 is 5.82. The molecule has 2 aliphatic carbocycles. The van der Waals surface area contributed by atoms with E-state index in [1.807, 2.05) is 12.2 Å². The first kappa shape index (κ1) is 14.6. The van der Waals surface area contributed by atoms with Crippen molar-refractivity contribution in [3.63, 3.8) is 0 Å². The topological polar surface area (TPSA) is 52.3 Å². The van der Waals surface area contributed by atoms with Crippen LogP contribution in [0.4, 0.5) is 0 Å². The van der Waals surface area contributed by atoms with E-state index in [4.69, 9.17) is 10.5 Å². The fourth-order valence-corrected chi connectivity index (χ4v) is 3.39. The molecule has 19 heavy (non-hydrogen) atoms. The maximum absolute atomic E-state index is 12.2. The molecule has 2 aliphatic rings. The van der Waals surface area contributed by atoms with Crippen LogP contribution in [-0.4, -0.2) is 18.1 Å². The fraction of sp³-hybridized carbons (Fsp3) is 0.812. The lowest BCUT2D eigenvalue weighted by molar-refractivity contribution is -0.159. The summed E-state index contributed by atoms with van der Waals surface area (Å²) in [6.45, 7) is 6.71. The number of carbonyl (C=O) groups excluding carboxylic acids is 1. The molecule has 1 saturated carbocycles. The average molecular weight is 265 g/mol. The number of ether oxygens (including phenoxy) is 1. The highest BCUT2D eigenvalue weighted by Crippen LogP contribution is 2.36. The zero-order valence-electron chi connectivity index (χ0n) is 12.3. The number of rotatable bonds is 3. The summed E-state index contributed by atoms with van der Waals surface area (Å²) in [6.07, 6.45) is 8.06. The van der Waals surface area contributed by atoms with E-state index in [-0.39, 0.29) is 24.0 Å². The Kier molecular flexibility index (Phi) is 4.67. The van der Waals surface area contributed by atoms with Gasteiger partial charge in [0, 0.05) is 6.04 Å². The van der Waals surface area contributed by atoms with E-state index in [1.165, 1.54) is 12.8 Å². The summed E-state index contributed by atoms with van der Waals surface area (Å²) in [5.41, 5.74) is 5.80. The standard InChI is InChI=1S/C16H27NO2/c1-10(2)14-7-4-11(3)8-15(14)19-16(18)12-5-6-13(17)9-12/h5-6,10-15H,4,7-9,17H2,1-3H3. The predicted molar refractivity (Wildman–Crippen MR) is 76.4 cm³/mol. The molecular weight excluding hydrogens is 238 g/mol. The van der Waals surface area contributed by atoms with Crippen LogP contribution in [0, 0.1) is 23.7 Å². The molecule has 0 bridgehead atoms. The van der Waals surface area contributed by atoms with Crippen molar-refractivity contribution >= 4 is 5.97 Å². The lowest BCUT2D eigenvalue weighted by Crippen LogP contribution is -2.37. The minimum atomic E-state index is -0.125. The van der Waals surface area contributed by atoms with Crippen molar-refractivity contribution in [2.24, 2.45) is 29.4 Å². The van der Waals surface area contributed by atoms with Gasteiger partial charge in [-0.3, -0.25) is 4.79 Å². The van der Waals surface area contributed by atoms with Gasteiger partial charge in [0.05, 0.1) is 5.92 Å². The molecule has 108 valence electrons. The van der Waals surface area contributed by atoms with Crippen LogP contribution in [0.5, 0.6) is 0 Å². The van der Waals surface area contributed by atoms with Crippen LogP contribution in [0.25, 0.3) is 0 Å². The highest BCUT2D eigenvalue weighted by molar-refractivity contribution is 5.75. The monoisotopic (exact) mass is 265 g/mol. The fourth-order valence-electron chi connectivity index (χ4n) is 3.39. The smallest absolute Gasteiger partial charge is 0.313 e. The van der Waals surface area contributed by atoms with Crippen LogP contribution in [-0.2, 0) is 9.53 Å². The molecule has 0 aliphatic heterocycles. The Bertz CT molecular complexity index is 351. The van der Waals surface area contributed by atoms with Crippen LogP contribution in [0.3, 0.4) is 0 Å².